The number of rotatable bonds is 4. The minimum Gasteiger partial charge on any atom is -0.488 e. The summed E-state index contributed by atoms with van der Waals surface area (Å²) in [5, 5.41) is 0. The molecule has 0 N–H and O–H groups in total. The SMILES string of the molecule is CC(C)CN(C(=O)C1=Cc2ccccc2OC1)C1CC1. The van der Waals surface area contributed by atoms with E-state index in [0.29, 0.717) is 18.6 Å². The monoisotopic (exact) mass is 271 g/mol. The average molecular weight is 271 g/mol. The number of ether oxygens (including phenoxy) is 1. The van der Waals surface area contributed by atoms with Crippen LogP contribution in [0.3, 0.4) is 0 Å². The van der Waals surface area contributed by atoms with Crippen LogP contribution in [0.5, 0.6) is 5.75 Å². The van der Waals surface area contributed by atoms with Crippen molar-refractivity contribution < 1.29 is 9.53 Å². The summed E-state index contributed by atoms with van der Waals surface area (Å²) in [5.41, 5.74) is 1.78. The lowest BCUT2D eigenvalue weighted by atomic mass is 10.1. The second-order valence-corrected chi connectivity index (χ2v) is 6.08. The Hall–Kier alpha value is -1.77. The van der Waals surface area contributed by atoms with Crippen LogP contribution in [-0.4, -0.2) is 30.0 Å². The lowest BCUT2D eigenvalue weighted by Crippen LogP contribution is -2.38. The first kappa shape index (κ1) is 13.2. The Morgan fingerprint density at radius 1 is 1.35 bits per heavy atom. The van der Waals surface area contributed by atoms with Gasteiger partial charge in [0, 0.05) is 18.2 Å². The van der Waals surface area contributed by atoms with Crippen molar-refractivity contribution in [1.82, 2.24) is 4.90 Å². The molecule has 0 radical (unpaired) electrons. The van der Waals surface area contributed by atoms with Gasteiger partial charge in [0.15, 0.2) is 0 Å². The average Bonchev–Trinajstić information content (AvgIpc) is 3.28. The van der Waals surface area contributed by atoms with Gasteiger partial charge in [-0.25, -0.2) is 0 Å². The summed E-state index contributed by atoms with van der Waals surface area (Å²) >= 11 is 0. The smallest absolute Gasteiger partial charge is 0.253 e. The van der Waals surface area contributed by atoms with Crippen LogP contribution in [0, 0.1) is 5.92 Å². The molecule has 2 aliphatic rings. The van der Waals surface area contributed by atoms with Crippen molar-refractivity contribution >= 4 is 12.0 Å². The Bertz CT molecular complexity index is 544. The third-order valence-corrected chi connectivity index (χ3v) is 3.72. The fourth-order valence-corrected chi connectivity index (χ4v) is 2.60. The maximum absolute atomic E-state index is 12.7. The first-order valence-corrected chi connectivity index (χ1v) is 7.38. The number of carbonyl (C=O) groups is 1. The standard InChI is InChI=1S/C17H21NO2/c1-12(2)10-18(15-7-8-15)17(19)14-9-13-5-3-4-6-16(13)20-11-14/h3-6,9,12,15H,7-8,10-11H2,1-2H3. The molecule has 0 bridgehead atoms. The first-order valence-electron chi connectivity index (χ1n) is 7.38. The molecule has 1 amide bonds. The Labute approximate surface area is 120 Å². The predicted molar refractivity (Wildman–Crippen MR) is 79.5 cm³/mol. The van der Waals surface area contributed by atoms with E-state index in [2.05, 4.69) is 13.8 Å². The molecule has 1 heterocycles. The van der Waals surface area contributed by atoms with Crippen LogP contribution in [-0.2, 0) is 4.79 Å². The molecule has 3 rings (SSSR count). The largest absolute Gasteiger partial charge is 0.488 e. The van der Waals surface area contributed by atoms with Crippen molar-refractivity contribution in [3.8, 4) is 5.75 Å². The fourth-order valence-electron chi connectivity index (χ4n) is 2.60. The summed E-state index contributed by atoms with van der Waals surface area (Å²) < 4.78 is 5.70. The topological polar surface area (TPSA) is 29.5 Å². The number of benzene rings is 1. The summed E-state index contributed by atoms with van der Waals surface area (Å²) in [5.74, 6) is 1.51. The summed E-state index contributed by atoms with van der Waals surface area (Å²) in [6, 6.07) is 8.31. The van der Waals surface area contributed by atoms with E-state index in [1.54, 1.807) is 0 Å². The number of amides is 1. The number of fused-ring (bicyclic) bond motifs is 1. The molecule has 0 unspecified atom stereocenters. The fraction of sp³-hybridized carbons (Fsp3) is 0.471. The molecule has 106 valence electrons. The molecule has 0 spiro atoms. The molecule has 20 heavy (non-hydrogen) atoms. The van der Waals surface area contributed by atoms with Gasteiger partial charge in [0.1, 0.15) is 12.4 Å². The van der Waals surface area contributed by atoms with Gasteiger partial charge in [0.05, 0.1) is 5.57 Å². The zero-order valence-corrected chi connectivity index (χ0v) is 12.1. The van der Waals surface area contributed by atoms with E-state index < -0.39 is 0 Å². The number of hydrogen-bond acceptors (Lipinski definition) is 2. The van der Waals surface area contributed by atoms with Crippen LogP contribution in [0.2, 0.25) is 0 Å². The highest BCUT2D eigenvalue weighted by molar-refractivity contribution is 5.99. The van der Waals surface area contributed by atoms with Gasteiger partial charge in [0.25, 0.3) is 5.91 Å². The second kappa shape index (κ2) is 5.31. The second-order valence-electron chi connectivity index (χ2n) is 6.08. The summed E-state index contributed by atoms with van der Waals surface area (Å²) in [4.78, 5) is 14.7. The maximum Gasteiger partial charge on any atom is 0.253 e. The van der Waals surface area contributed by atoms with E-state index in [4.69, 9.17) is 4.74 Å². The van der Waals surface area contributed by atoms with Crippen LogP contribution < -0.4 is 4.74 Å². The highest BCUT2D eigenvalue weighted by Crippen LogP contribution is 2.31. The van der Waals surface area contributed by atoms with Gasteiger partial charge in [-0.05, 0) is 30.9 Å². The molecule has 3 nitrogen and oxygen atoms in total. The van der Waals surface area contributed by atoms with E-state index in [9.17, 15) is 4.79 Å². The Morgan fingerprint density at radius 2 is 2.10 bits per heavy atom. The highest BCUT2D eigenvalue weighted by Gasteiger charge is 2.34. The van der Waals surface area contributed by atoms with Crippen molar-refractivity contribution in [2.24, 2.45) is 5.92 Å². The number of nitrogens with zero attached hydrogens (tertiary/aromatic N) is 1. The molecule has 0 atom stereocenters. The third kappa shape index (κ3) is 2.72. The van der Waals surface area contributed by atoms with Crippen molar-refractivity contribution in [2.45, 2.75) is 32.7 Å². The maximum atomic E-state index is 12.7. The number of carbonyl (C=O) groups excluding carboxylic acids is 1. The van der Waals surface area contributed by atoms with E-state index in [1.165, 1.54) is 0 Å². The molecule has 0 aromatic heterocycles. The van der Waals surface area contributed by atoms with Gasteiger partial charge >= 0.3 is 0 Å². The summed E-state index contributed by atoms with van der Waals surface area (Å²) in [6.45, 7) is 5.53. The van der Waals surface area contributed by atoms with Gasteiger partial charge < -0.3 is 9.64 Å². The molecule has 3 heteroatoms. The third-order valence-electron chi connectivity index (χ3n) is 3.72. The van der Waals surface area contributed by atoms with Gasteiger partial charge in [-0.2, -0.15) is 0 Å². The van der Waals surface area contributed by atoms with E-state index in [-0.39, 0.29) is 5.91 Å². The van der Waals surface area contributed by atoms with Crippen molar-refractivity contribution in [3.63, 3.8) is 0 Å². The summed E-state index contributed by atoms with van der Waals surface area (Å²) in [7, 11) is 0. The molecule has 1 aromatic rings. The van der Waals surface area contributed by atoms with E-state index in [1.807, 2.05) is 35.2 Å². The Morgan fingerprint density at radius 3 is 2.80 bits per heavy atom. The molecule has 1 saturated carbocycles. The van der Waals surface area contributed by atoms with Crippen molar-refractivity contribution in [1.29, 1.82) is 0 Å². The molecule has 1 aromatic carbocycles. The first-order chi connectivity index (χ1) is 9.65. The Kier molecular flexibility index (Phi) is 3.51. The predicted octanol–water partition coefficient (Wildman–Crippen LogP) is 3.11. The van der Waals surface area contributed by atoms with Crippen LogP contribution in [0.4, 0.5) is 0 Å². The van der Waals surface area contributed by atoms with Crippen molar-refractivity contribution in [2.75, 3.05) is 13.2 Å². The van der Waals surface area contributed by atoms with E-state index >= 15 is 0 Å². The lowest BCUT2D eigenvalue weighted by molar-refractivity contribution is -0.128. The number of para-hydroxylation sites is 1. The highest BCUT2D eigenvalue weighted by atomic mass is 16.5. The number of hydrogen-bond donors (Lipinski definition) is 0. The van der Waals surface area contributed by atoms with Crippen molar-refractivity contribution in [3.05, 3.63) is 35.4 Å². The molecular formula is C17H21NO2. The summed E-state index contributed by atoms with van der Waals surface area (Å²) in [6.07, 6.45) is 4.27. The lowest BCUT2D eigenvalue weighted by Gasteiger charge is -2.27. The van der Waals surface area contributed by atoms with Crippen LogP contribution in [0.25, 0.3) is 6.08 Å². The molecule has 0 saturated heterocycles. The minimum absolute atomic E-state index is 0.149. The van der Waals surface area contributed by atoms with Crippen LogP contribution in [0.1, 0.15) is 32.3 Å². The zero-order valence-electron chi connectivity index (χ0n) is 12.1. The van der Waals surface area contributed by atoms with Crippen LogP contribution >= 0.6 is 0 Å². The van der Waals surface area contributed by atoms with E-state index in [0.717, 1.165) is 36.3 Å². The van der Waals surface area contributed by atoms with Gasteiger partial charge in [-0.3, -0.25) is 4.79 Å². The van der Waals surface area contributed by atoms with Crippen LogP contribution in [0.15, 0.2) is 29.8 Å². The molecule has 1 aliphatic heterocycles. The Balaban J connectivity index is 1.81. The molecule has 1 fully saturated rings. The minimum atomic E-state index is 0.149. The van der Waals surface area contributed by atoms with Gasteiger partial charge in [-0.15, -0.1) is 0 Å². The molecule has 1 aliphatic carbocycles. The normalized spacial score (nSPS) is 17.2. The van der Waals surface area contributed by atoms with Gasteiger partial charge in [0.2, 0.25) is 0 Å². The quantitative estimate of drug-likeness (QED) is 0.842. The zero-order chi connectivity index (χ0) is 14.1. The van der Waals surface area contributed by atoms with Gasteiger partial charge in [-0.1, -0.05) is 32.0 Å². The molecular weight excluding hydrogens is 250 g/mol.